The maximum absolute atomic E-state index is 11.1. The number of carbonyl (C=O) groups is 2. The second-order valence-corrected chi connectivity index (χ2v) is 3.35. The molecule has 0 aliphatic carbocycles. The normalized spacial score (nSPS) is 11.9. The summed E-state index contributed by atoms with van der Waals surface area (Å²) >= 11 is 1.60. The molecule has 2 amide bonds. The zero-order valence-corrected chi connectivity index (χ0v) is 8.52. The summed E-state index contributed by atoms with van der Waals surface area (Å²) in [4.78, 5) is 21.7. The number of amides is 2. The van der Waals surface area contributed by atoms with Crippen molar-refractivity contribution < 1.29 is 14.3 Å². The first-order chi connectivity index (χ1) is 6.11. The minimum absolute atomic E-state index is 0.499. The highest BCUT2D eigenvalue weighted by atomic mass is 32.2. The number of imide groups is 1. The number of nitrogens with two attached hydrogens (primary N) is 1. The second kappa shape index (κ2) is 6.73. The molecule has 0 aromatic carbocycles. The van der Waals surface area contributed by atoms with Crippen LogP contribution < -0.4 is 11.1 Å². The number of ether oxygens (including phenoxy) is 1. The number of carbonyl (C=O) groups excluding carboxylic acids is 2. The van der Waals surface area contributed by atoms with Crippen molar-refractivity contribution in [2.45, 2.75) is 12.5 Å². The summed E-state index contributed by atoms with van der Waals surface area (Å²) in [6.07, 6.45) is 1.69. The van der Waals surface area contributed by atoms with E-state index in [0.29, 0.717) is 6.42 Å². The minimum Gasteiger partial charge on any atom is -0.453 e. The first-order valence-corrected chi connectivity index (χ1v) is 5.14. The standard InChI is InChI=1S/C7H14N2O3S/c1-12-7(11)9-6(10)5(8)3-4-13-2/h5H,3-4,8H2,1-2H3,(H,9,10,11)/t5-/m0/s1. The van der Waals surface area contributed by atoms with Crippen LogP contribution in [0.4, 0.5) is 4.79 Å². The van der Waals surface area contributed by atoms with Crippen LogP contribution in [-0.2, 0) is 9.53 Å². The van der Waals surface area contributed by atoms with E-state index in [9.17, 15) is 9.59 Å². The van der Waals surface area contributed by atoms with Gasteiger partial charge in [0.25, 0.3) is 0 Å². The van der Waals surface area contributed by atoms with Gasteiger partial charge in [0.1, 0.15) is 0 Å². The van der Waals surface area contributed by atoms with Crippen LogP contribution in [0.25, 0.3) is 0 Å². The molecule has 0 rings (SSSR count). The SMILES string of the molecule is COC(=O)NC(=O)[C@@H](N)CCSC. The van der Waals surface area contributed by atoms with Crippen molar-refractivity contribution >= 4 is 23.8 Å². The number of alkyl carbamates (subject to hydrolysis) is 1. The Balaban J connectivity index is 3.75. The van der Waals surface area contributed by atoms with Gasteiger partial charge in [0.2, 0.25) is 5.91 Å². The number of rotatable bonds is 4. The lowest BCUT2D eigenvalue weighted by atomic mass is 10.2. The molecule has 5 nitrogen and oxygen atoms in total. The van der Waals surface area contributed by atoms with E-state index in [4.69, 9.17) is 5.73 Å². The Kier molecular flexibility index (Phi) is 6.34. The molecule has 0 fully saturated rings. The van der Waals surface area contributed by atoms with Gasteiger partial charge in [-0.3, -0.25) is 10.1 Å². The predicted octanol–water partition coefficient (Wildman–Crippen LogP) is -0.0506. The van der Waals surface area contributed by atoms with Crippen molar-refractivity contribution in [3.8, 4) is 0 Å². The van der Waals surface area contributed by atoms with Gasteiger partial charge in [-0.2, -0.15) is 11.8 Å². The van der Waals surface area contributed by atoms with Crippen molar-refractivity contribution in [2.24, 2.45) is 5.73 Å². The fourth-order valence-electron chi connectivity index (χ4n) is 0.620. The summed E-state index contributed by atoms with van der Waals surface area (Å²) in [5.74, 6) is 0.288. The number of hydrogen-bond donors (Lipinski definition) is 2. The van der Waals surface area contributed by atoms with Crippen LogP contribution in [0, 0.1) is 0 Å². The lowest BCUT2D eigenvalue weighted by Gasteiger charge is -2.09. The van der Waals surface area contributed by atoms with Crippen LogP contribution >= 0.6 is 11.8 Å². The maximum atomic E-state index is 11.1. The Morgan fingerprint density at radius 2 is 2.23 bits per heavy atom. The minimum atomic E-state index is -0.774. The predicted molar refractivity (Wildman–Crippen MR) is 51.5 cm³/mol. The molecular weight excluding hydrogens is 192 g/mol. The Labute approximate surface area is 81.4 Å². The third-order valence-corrected chi connectivity index (χ3v) is 2.02. The van der Waals surface area contributed by atoms with Gasteiger partial charge in [-0.25, -0.2) is 4.79 Å². The maximum Gasteiger partial charge on any atom is 0.413 e. The quantitative estimate of drug-likeness (QED) is 0.674. The van der Waals surface area contributed by atoms with E-state index in [1.165, 1.54) is 7.11 Å². The van der Waals surface area contributed by atoms with Crippen molar-refractivity contribution in [2.75, 3.05) is 19.1 Å². The van der Waals surface area contributed by atoms with E-state index < -0.39 is 18.0 Å². The Bertz CT molecular complexity index is 187. The van der Waals surface area contributed by atoms with Crippen LogP contribution in [0.5, 0.6) is 0 Å². The van der Waals surface area contributed by atoms with Gasteiger partial charge in [0.15, 0.2) is 0 Å². The van der Waals surface area contributed by atoms with E-state index in [2.05, 4.69) is 4.74 Å². The van der Waals surface area contributed by atoms with Gasteiger partial charge in [-0.1, -0.05) is 0 Å². The molecule has 0 aromatic rings. The van der Waals surface area contributed by atoms with Crippen LogP contribution in [-0.4, -0.2) is 37.2 Å². The van der Waals surface area contributed by atoms with Crippen LogP contribution in [0.15, 0.2) is 0 Å². The molecule has 0 radical (unpaired) electrons. The monoisotopic (exact) mass is 206 g/mol. The molecule has 0 bridgehead atoms. The number of nitrogens with one attached hydrogen (secondary N) is 1. The van der Waals surface area contributed by atoms with Gasteiger partial charge in [-0.05, 0) is 18.4 Å². The summed E-state index contributed by atoms with van der Waals surface area (Å²) in [5, 5.41) is 2.00. The molecule has 0 aromatic heterocycles. The van der Waals surface area contributed by atoms with Crippen LogP contribution in [0.2, 0.25) is 0 Å². The molecule has 0 saturated heterocycles. The van der Waals surface area contributed by atoms with Gasteiger partial charge in [0, 0.05) is 0 Å². The van der Waals surface area contributed by atoms with E-state index >= 15 is 0 Å². The molecule has 0 saturated carbocycles. The zero-order valence-electron chi connectivity index (χ0n) is 7.70. The highest BCUT2D eigenvalue weighted by Gasteiger charge is 2.15. The van der Waals surface area contributed by atoms with Gasteiger partial charge >= 0.3 is 6.09 Å². The average Bonchev–Trinajstić information content (AvgIpc) is 2.13. The van der Waals surface area contributed by atoms with Crippen molar-refractivity contribution in [1.29, 1.82) is 0 Å². The van der Waals surface area contributed by atoms with Crippen LogP contribution in [0.1, 0.15) is 6.42 Å². The summed E-state index contributed by atoms with van der Waals surface area (Å²) in [7, 11) is 1.19. The number of hydrogen-bond acceptors (Lipinski definition) is 5. The molecule has 1 atom stereocenters. The molecule has 0 aliphatic heterocycles. The molecule has 0 heterocycles. The third kappa shape index (κ3) is 5.48. The lowest BCUT2D eigenvalue weighted by molar-refractivity contribution is -0.121. The Morgan fingerprint density at radius 3 is 2.69 bits per heavy atom. The topological polar surface area (TPSA) is 81.4 Å². The number of methoxy groups -OCH3 is 1. The molecule has 6 heteroatoms. The first-order valence-electron chi connectivity index (χ1n) is 3.75. The Morgan fingerprint density at radius 1 is 1.62 bits per heavy atom. The smallest absolute Gasteiger partial charge is 0.413 e. The Hall–Kier alpha value is -0.750. The van der Waals surface area contributed by atoms with Crippen molar-refractivity contribution in [1.82, 2.24) is 5.32 Å². The molecular formula is C7H14N2O3S. The molecule has 0 spiro atoms. The number of thioether (sulfide) groups is 1. The summed E-state index contributed by atoms with van der Waals surface area (Å²) in [6.45, 7) is 0. The van der Waals surface area contributed by atoms with Gasteiger partial charge < -0.3 is 10.5 Å². The molecule has 76 valence electrons. The summed E-state index contributed by atoms with van der Waals surface area (Å²) in [6, 6.07) is -0.647. The molecule has 13 heavy (non-hydrogen) atoms. The highest BCUT2D eigenvalue weighted by molar-refractivity contribution is 7.98. The van der Waals surface area contributed by atoms with E-state index in [1.54, 1.807) is 11.8 Å². The van der Waals surface area contributed by atoms with Crippen molar-refractivity contribution in [3.63, 3.8) is 0 Å². The third-order valence-electron chi connectivity index (χ3n) is 1.38. The molecule has 3 N–H and O–H groups in total. The average molecular weight is 206 g/mol. The van der Waals surface area contributed by atoms with Crippen LogP contribution in [0.3, 0.4) is 0 Å². The largest absolute Gasteiger partial charge is 0.453 e. The van der Waals surface area contributed by atoms with E-state index in [-0.39, 0.29) is 0 Å². The summed E-state index contributed by atoms with van der Waals surface area (Å²) < 4.78 is 4.24. The second-order valence-electron chi connectivity index (χ2n) is 2.37. The van der Waals surface area contributed by atoms with Gasteiger partial charge in [0.05, 0.1) is 13.2 Å². The fraction of sp³-hybridized carbons (Fsp3) is 0.714. The summed E-state index contributed by atoms with van der Waals surface area (Å²) in [5.41, 5.74) is 5.47. The van der Waals surface area contributed by atoms with E-state index in [0.717, 1.165) is 5.75 Å². The van der Waals surface area contributed by atoms with Gasteiger partial charge in [-0.15, -0.1) is 0 Å². The lowest BCUT2D eigenvalue weighted by Crippen LogP contribution is -2.43. The zero-order chi connectivity index (χ0) is 10.3. The highest BCUT2D eigenvalue weighted by Crippen LogP contribution is 1.98. The molecule has 0 aliphatic rings. The van der Waals surface area contributed by atoms with Crippen molar-refractivity contribution in [3.05, 3.63) is 0 Å². The molecule has 0 unspecified atom stereocenters. The van der Waals surface area contributed by atoms with E-state index in [1.807, 2.05) is 11.6 Å². The fourth-order valence-corrected chi connectivity index (χ4v) is 1.11. The first kappa shape index (κ1) is 12.2.